The number of hydrogen-bond donors (Lipinski definition) is 3. The number of aryl methyl sites for hydroxylation is 1. The molecule has 0 aliphatic heterocycles. The Balaban J connectivity index is 0.00000256. The van der Waals surface area contributed by atoms with E-state index < -0.39 is 12.0 Å². The Hall–Kier alpha value is -1.37. The highest BCUT2D eigenvalue weighted by Gasteiger charge is 2.24. The van der Waals surface area contributed by atoms with E-state index in [1.807, 2.05) is 0 Å². The number of methoxy groups -OCH3 is 1. The Kier molecular flexibility index (Phi) is 5.87. The molecule has 0 spiro atoms. The van der Waals surface area contributed by atoms with Gasteiger partial charge in [-0.3, -0.25) is 9.78 Å². The number of carbonyl (C=O) groups is 1. The number of ether oxygens (including phenoxy) is 1. The Morgan fingerprint density at radius 3 is 2.71 bits per heavy atom. The van der Waals surface area contributed by atoms with E-state index in [1.165, 1.54) is 13.3 Å². The predicted octanol–water partition coefficient (Wildman–Crippen LogP) is 0.183. The number of nitrogens with zero attached hydrogens (tertiary/aromatic N) is 1. The minimum absolute atomic E-state index is 0. The van der Waals surface area contributed by atoms with Gasteiger partial charge in [-0.25, -0.2) is 0 Å². The van der Waals surface area contributed by atoms with Crippen molar-refractivity contribution in [3.05, 3.63) is 23.0 Å². The molecule has 0 aliphatic carbocycles. The first-order valence-electron chi connectivity index (χ1n) is 4.64. The van der Waals surface area contributed by atoms with Crippen LogP contribution in [0.15, 0.2) is 6.20 Å². The highest BCUT2D eigenvalue weighted by atomic mass is 35.5. The van der Waals surface area contributed by atoms with Gasteiger partial charge >= 0.3 is 5.97 Å². The van der Waals surface area contributed by atoms with Gasteiger partial charge in [-0.1, -0.05) is 0 Å². The van der Waals surface area contributed by atoms with Crippen LogP contribution >= 0.6 is 12.4 Å². The van der Waals surface area contributed by atoms with E-state index in [9.17, 15) is 9.90 Å². The Bertz CT molecular complexity index is 412. The van der Waals surface area contributed by atoms with Crippen LogP contribution in [0.4, 0.5) is 0 Å². The summed E-state index contributed by atoms with van der Waals surface area (Å²) in [6, 6.07) is -1.13. The number of halogens is 1. The molecule has 0 saturated heterocycles. The molecule has 0 aromatic carbocycles. The molecule has 0 fully saturated rings. The monoisotopic (exact) mass is 262 g/mol. The van der Waals surface area contributed by atoms with Crippen molar-refractivity contribution in [2.45, 2.75) is 19.6 Å². The van der Waals surface area contributed by atoms with Crippen molar-refractivity contribution in [1.29, 1.82) is 0 Å². The maximum absolute atomic E-state index is 11.3. The average molecular weight is 263 g/mol. The number of aromatic nitrogens is 1. The van der Waals surface area contributed by atoms with Crippen LogP contribution in [0.25, 0.3) is 0 Å². The fourth-order valence-corrected chi connectivity index (χ4v) is 1.37. The molecule has 0 aliphatic rings. The van der Waals surface area contributed by atoms with Gasteiger partial charge in [-0.2, -0.15) is 0 Å². The second-order valence-electron chi connectivity index (χ2n) is 3.29. The van der Waals surface area contributed by atoms with Gasteiger partial charge in [0.15, 0.2) is 0 Å². The molecule has 7 heteroatoms. The van der Waals surface area contributed by atoms with Crippen molar-refractivity contribution >= 4 is 18.4 Å². The van der Waals surface area contributed by atoms with Crippen LogP contribution < -0.4 is 5.73 Å². The molecular weight excluding hydrogens is 248 g/mol. The predicted molar refractivity (Wildman–Crippen MR) is 62.8 cm³/mol. The minimum atomic E-state index is -1.13. The molecule has 0 saturated carbocycles. The Labute approximate surface area is 105 Å². The molecule has 1 heterocycles. The summed E-state index contributed by atoms with van der Waals surface area (Å²) in [5.74, 6) is -0.875. The van der Waals surface area contributed by atoms with Gasteiger partial charge in [-0.15, -0.1) is 12.4 Å². The van der Waals surface area contributed by atoms with Crippen molar-refractivity contribution in [2.24, 2.45) is 5.73 Å². The maximum atomic E-state index is 11.3. The third kappa shape index (κ3) is 3.06. The van der Waals surface area contributed by atoms with E-state index in [-0.39, 0.29) is 30.3 Å². The molecule has 0 unspecified atom stereocenters. The fraction of sp³-hybridized carbons (Fsp3) is 0.400. The molecular formula is C10H15ClN2O4. The van der Waals surface area contributed by atoms with Crippen molar-refractivity contribution in [3.8, 4) is 5.75 Å². The largest absolute Gasteiger partial charge is 0.506 e. The van der Waals surface area contributed by atoms with Gasteiger partial charge in [-0.05, 0) is 6.92 Å². The second-order valence-corrected chi connectivity index (χ2v) is 3.29. The van der Waals surface area contributed by atoms with Crippen LogP contribution in [0, 0.1) is 6.92 Å². The summed E-state index contributed by atoms with van der Waals surface area (Å²) in [7, 11) is 1.20. The van der Waals surface area contributed by atoms with Crippen LogP contribution in [0.2, 0.25) is 0 Å². The summed E-state index contributed by atoms with van der Waals surface area (Å²) in [5.41, 5.74) is 6.42. The number of esters is 1. The molecule has 0 radical (unpaired) electrons. The lowest BCUT2D eigenvalue weighted by Crippen LogP contribution is -2.24. The van der Waals surface area contributed by atoms with Crippen molar-refractivity contribution < 1.29 is 19.7 Å². The van der Waals surface area contributed by atoms with E-state index in [0.29, 0.717) is 11.3 Å². The zero-order valence-corrected chi connectivity index (χ0v) is 10.3. The Morgan fingerprint density at radius 1 is 1.65 bits per heavy atom. The van der Waals surface area contributed by atoms with Gasteiger partial charge in [0, 0.05) is 17.3 Å². The first-order chi connectivity index (χ1) is 7.52. The lowest BCUT2D eigenvalue weighted by atomic mass is 10.0. The second kappa shape index (κ2) is 6.39. The van der Waals surface area contributed by atoms with Crippen LogP contribution in [0.3, 0.4) is 0 Å². The standard InChI is InChI=1S/C10H14N2O4.ClH/c1-5-9(14)7(6(4-13)3-12-5)8(11)10(15)16-2;/h3,8,13-14H,4,11H2,1-2H3;1H/t8-;/m0./s1. The quantitative estimate of drug-likeness (QED) is 0.671. The highest BCUT2D eigenvalue weighted by molar-refractivity contribution is 5.85. The summed E-state index contributed by atoms with van der Waals surface area (Å²) >= 11 is 0. The van der Waals surface area contributed by atoms with E-state index in [2.05, 4.69) is 9.72 Å². The van der Waals surface area contributed by atoms with Crippen LogP contribution in [0.1, 0.15) is 22.9 Å². The van der Waals surface area contributed by atoms with Crippen LogP contribution in [-0.2, 0) is 16.1 Å². The molecule has 4 N–H and O–H groups in total. The van der Waals surface area contributed by atoms with Crippen molar-refractivity contribution in [3.63, 3.8) is 0 Å². The molecule has 1 atom stereocenters. The van der Waals surface area contributed by atoms with Gasteiger partial charge in [0.2, 0.25) is 0 Å². The maximum Gasteiger partial charge on any atom is 0.327 e. The third-order valence-corrected chi connectivity index (χ3v) is 2.29. The van der Waals surface area contributed by atoms with E-state index in [1.54, 1.807) is 6.92 Å². The van der Waals surface area contributed by atoms with Crippen LogP contribution in [-0.4, -0.2) is 28.3 Å². The van der Waals surface area contributed by atoms with Gasteiger partial charge < -0.3 is 20.7 Å². The lowest BCUT2D eigenvalue weighted by Gasteiger charge is -2.15. The number of pyridine rings is 1. The molecule has 0 bridgehead atoms. The van der Waals surface area contributed by atoms with E-state index >= 15 is 0 Å². The fourth-order valence-electron chi connectivity index (χ4n) is 1.37. The molecule has 96 valence electrons. The number of nitrogens with two attached hydrogens (primary N) is 1. The number of carbonyl (C=O) groups excluding carboxylic acids is 1. The number of aromatic hydroxyl groups is 1. The summed E-state index contributed by atoms with van der Waals surface area (Å²) in [4.78, 5) is 15.1. The molecule has 17 heavy (non-hydrogen) atoms. The zero-order chi connectivity index (χ0) is 12.3. The average Bonchev–Trinajstić information content (AvgIpc) is 2.30. The first kappa shape index (κ1) is 15.6. The van der Waals surface area contributed by atoms with Gasteiger partial charge in [0.05, 0.1) is 19.4 Å². The summed E-state index contributed by atoms with van der Waals surface area (Å²) in [6.45, 7) is 1.21. The Morgan fingerprint density at radius 2 is 2.24 bits per heavy atom. The van der Waals surface area contributed by atoms with Gasteiger partial charge in [0.1, 0.15) is 11.8 Å². The molecule has 0 amide bonds. The number of aliphatic hydroxyl groups excluding tert-OH is 1. The summed E-state index contributed by atoms with van der Waals surface area (Å²) in [6.07, 6.45) is 1.37. The lowest BCUT2D eigenvalue weighted by molar-refractivity contribution is -0.142. The first-order valence-corrected chi connectivity index (χ1v) is 4.64. The number of hydrogen-bond acceptors (Lipinski definition) is 6. The summed E-state index contributed by atoms with van der Waals surface area (Å²) in [5, 5.41) is 18.8. The zero-order valence-electron chi connectivity index (χ0n) is 9.51. The van der Waals surface area contributed by atoms with Gasteiger partial charge in [0.25, 0.3) is 0 Å². The normalized spacial score (nSPS) is 11.5. The smallest absolute Gasteiger partial charge is 0.327 e. The topological polar surface area (TPSA) is 106 Å². The van der Waals surface area contributed by atoms with Crippen LogP contribution in [0.5, 0.6) is 5.75 Å². The molecule has 6 nitrogen and oxygen atoms in total. The highest BCUT2D eigenvalue weighted by Crippen LogP contribution is 2.29. The summed E-state index contributed by atoms with van der Waals surface area (Å²) < 4.78 is 4.48. The minimum Gasteiger partial charge on any atom is -0.506 e. The molecule has 1 aromatic heterocycles. The van der Waals surface area contributed by atoms with E-state index in [4.69, 9.17) is 10.8 Å². The number of aliphatic hydroxyl groups is 1. The van der Waals surface area contributed by atoms with E-state index in [0.717, 1.165) is 0 Å². The van der Waals surface area contributed by atoms with Crippen molar-refractivity contribution in [2.75, 3.05) is 7.11 Å². The molecule has 1 aromatic rings. The third-order valence-electron chi connectivity index (χ3n) is 2.29. The number of rotatable bonds is 3. The molecule has 1 rings (SSSR count). The SMILES string of the molecule is COC(=O)[C@@H](N)c1c(CO)cnc(C)c1O.Cl. The van der Waals surface area contributed by atoms with Crippen molar-refractivity contribution in [1.82, 2.24) is 4.98 Å².